The number of hydrogen-bond acceptors (Lipinski definition) is 4. The predicted molar refractivity (Wildman–Crippen MR) is 113 cm³/mol. The molecule has 6 heteroatoms. The summed E-state index contributed by atoms with van der Waals surface area (Å²) in [6.07, 6.45) is 8.75. The van der Waals surface area contributed by atoms with Crippen molar-refractivity contribution in [1.29, 1.82) is 0 Å². The smallest absolute Gasteiger partial charge is 0.228 e. The van der Waals surface area contributed by atoms with Crippen LogP contribution in [0.2, 0.25) is 0 Å². The number of nitrogens with zero attached hydrogens (tertiary/aromatic N) is 2. The average molecular weight is 409 g/mol. The Morgan fingerprint density at radius 2 is 1.10 bits per heavy atom. The molecule has 0 aromatic heterocycles. The summed E-state index contributed by atoms with van der Waals surface area (Å²) < 4.78 is 11.1. The third-order valence-electron chi connectivity index (χ3n) is 7.46. The van der Waals surface area contributed by atoms with E-state index in [1.807, 2.05) is 23.6 Å². The minimum Gasteiger partial charge on any atom is -0.382 e. The van der Waals surface area contributed by atoms with E-state index in [9.17, 15) is 9.59 Å². The highest BCUT2D eigenvalue weighted by Gasteiger charge is 2.48. The van der Waals surface area contributed by atoms with Crippen molar-refractivity contribution in [1.82, 2.24) is 9.80 Å². The van der Waals surface area contributed by atoms with Crippen molar-refractivity contribution in [2.24, 2.45) is 10.8 Å². The SMILES string of the molecule is CCOCCC1(C(=O)N2CCCN(C(=O)C3(CCOCC)CCC3)CC2)CCC1. The fourth-order valence-electron chi connectivity index (χ4n) is 5.17. The number of carbonyl (C=O) groups is 2. The summed E-state index contributed by atoms with van der Waals surface area (Å²) in [4.78, 5) is 30.7. The normalized spacial score (nSPS) is 23.1. The van der Waals surface area contributed by atoms with Crippen molar-refractivity contribution < 1.29 is 19.1 Å². The van der Waals surface area contributed by atoms with Crippen LogP contribution in [0.3, 0.4) is 0 Å². The fourth-order valence-corrected chi connectivity index (χ4v) is 5.17. The van der Waals surface area contributed by atoms with Crippen LogP contribution in [0.5, 0.6) is 0 Å². The van der Waals surface area contributed by atoms with Crippen LogP contribution < -0.4 is 0 Å². The Kier molecular flexibility index (Phi) is 7.97. The zero-order chi connectivity index (χ0) is 20.7. The minimum absolute atomic E-state index is 0.207. The Morgan fingerprint density at radius 1 is 0.690 bits per heavy atom. The van der Waals surface area contributed by atoms with Crippen LogP contribution in [-0.4, -0.2) is 74.2 Å². The van der Waals surface area contributed by atoms with Crippen LogP contribution in [0.1, 0.15) is 71.6 Å². The molecule has 0 aromatic rings. The van der Waals surface area contributed by atoms with E-state index in [0.717, 1.165) is 70.9 Å². The van der Waals surface area contributed by atoms with Crippen LogP contribution in [0.4, 0.5) is 0 Å². The van der Waals surface area contributed by atoms with Gasteiger partial charge in [0, 0.05) is 52.6 Å². The van der Waals surface area contributed by atoms with Crippen molar-refractivity contribution in [3.05, 3.63) is 0 Å². The van der Waals surface area contributed by atoms with E-state index in [4.69, 9.17) is 9.47 Å². The van der Waals surface area contributed by atoms with E-state index in [1.54, 1.807) is 0 Å². The second-order valence-corrected chi connectivity index (χ2v) is 9.10. The first-order valence-corrected chi connectivity index (χ1v) is 11.8. The number of carbonyl (C=O) groups excluding carboxylic acids is 2. The Labute approximate surface area is 176 Å². The molecular weight excluding hydrogens is 368 g/mol. The first kappa shape index (κ1) is 22.5. The highest BCUT2D eigenvalue weighted by molar-refractivity contribution is 5.85. The second kappa shape index (κ2) is 10.3. The molecule has 29 heavy (non-hydrogen) atoms. The van der Waals surface area contributed by atoms with Crippen molar-refractivity contribution >= 4 is 11.8 Å². The molecule has 0 aromatic carbocycles. The van der Waals surface area contributed by atoms with Gasteiger partial charge < -0.3 is 19.3 Å². The van der Waals surface area contributed by atoms with E-state index in [1.165, 1.54) is 0 Å². The van der Waals surface area contributed by atoms with Gasteiger partial charge in [0.2, 0.25) is 11.8 Å². The number of rotatable bonds is 10. The monoisotopic (exact) mass is 408 g/mol. The Morgan fingerprint density at radius 3 is 1.41 bits per heavy atom. The predicted octanol–water partition coefficient (Wildman–Crippen LogP) is 3.24. The average Bonchev–Trinajstić information content (AvgIpc) is 2.91. The van der Waals surface area contributed by atoms with Gasteiger partial charge in [-0.2, -0.15) is 0 Å². The van der Waals surface area contributed by atoms with Gasteiger partial charge in [-0.05, 0) is 58.8 Å². The maximum atomic E-state index is 13.3. The third-order valence-corrected chi connectivity index (χ3v) is 7.46. The summed E-state index contributed by atoms with van der Waals surface area (Å²) >= 11 is 0. The Bertz CT molecular complexity index is 509. The molecule has 6 nitrogen and oxygen atoms in total. The van der Waals surface area contributed by atoms with Crippen LogP contribution in [0, 0.1) is 10.8 Å². The summed E-state index contributed by atoms with van der Waals surface area (Å²) in [6, 6.07) is 0. The molecule has 1 aliphatic heterocycles. The zero-order valence-electron chi connectivity index (χ0n) is 18.5. The zero-order valence-corrected chi connectivity index (χ0v) is 18.5. The summed E-state index contributed by atoms with van der Waals surface area (Å²) in [7, 11) is 0. The molecule has 1 saturated heterocycles. The van der Waals surface area contributed by atoms with Gasteiger partial charge in [-0.1, -0.05) is 12.8 Å². The van der Waals surface area contributed by atoms with Gasteiger partial charge in [0.1, 0.15) is 0 Å². The maximum Gasteiger partial charge on any atom is 0.228 e. The number of hydrogen-bond donors (Lipinski definition) is 0. The lowest BCUT2D eigenvalue weighted by Gasteiger charge is -2.44. The molecular formula is C23H40N2O4. The van der Waals surface area contributed by atoms with Gasteiger partial charge in [-0.15, -0.1) is 0 Å². The lowest BCUT2D eigenvalue weighted by molar-refractivity contribution is -0.151. The molecule has 0 bridgehead atoms. The Hall–Kier alpha value is -1.14. The second-order valence-electron chi connectivity index (χ2n) is 9.10. The molecule has 3 fully saturated rings. The first-order chi connectivity index (χ1) is 14.1. The topological polar surface area (TPSA) is 59.1 Å². The van der Waals surface area contributed by atoms with Gasteiger partial charge >= 0.3 is 0 Å². The van der Waals surface area contributed by atoms with Gasteiger partial charge in [0.25, 0.3) is 0 Å². The summed E-state index contributed by atoms with van der Waals surface area (Å²) in [6.45, 7) is 9.62. The van der Waals surface area contributed by atoms with Gasteiger partial charge in [0.15, 0.2) is 0 Å². The van der Waals surface area contributed by atoms with Crippen molar-refractivity contribution in [3.63, 3.8) is 0 Å². The van der Waals surface area contributed by atoms with Gasteiger partial charge in [0.05, 0.1) is 10.8 Å². The lowest BCUT2D eigenvalue weighted by atomic mass is 9.65. The van der Waals surface area contributed by atoms with Crippen molar-refractivity contribution in [3.8, 4) is 0 Å². The van der Waals surface area contributed by atoms with E-state index in [-0.39, 0.29) is 10.8 Å². The Balaban J connectivity index is 1.55. The molecule has 2 amide bonds. The quantitative estimate of drug-likeness (QED) is 0.521. The fraction of sp³-hybridized carbons (Fsp3) is 0.913. The third kappa shape index (κ3) is 4.96. The summed E-state index contributed by atoms with van der Waals surface area (Å²) in [5, 5.41) is 0. The standard InChI is InChI=1S/C23H40N2O4/c1-3-28-18-12-22(8-5-9-22)20(26)24-14-7-15-25(17-16-24)21(27)23(10-6-11-23)13-19-29-4-2/h3-19H2,1-2H3. The van der Waals surface area contributed by atoms with Crippen LogP contribution >= 0.6 is 0 Å². The molecule has 166 valence electrons. The number of ether oxygens (including phenoxy) is 2. The largest absolute Gasteiger partial charge is 0.382 e. The maximum absolute atomic E-state index is 13.3. The molecule has 0 atom stereocenters. The molecule has 0 N–H and O–H groups in total. The van der Waals surface area contributed by atoms with Crippen LogP contribution in [0.15, 0.2) is 0 Å². The van der Waals surface area contributed by atoms with E-state index in [0.29, 0.717) is 51.3 Å². The number of amides is 2. The molecule has 3 rings (SSSR count). The highest BCUT2D eigenvalue weighted by atomic mass is 16.5. The van der Waals surface area contributed by atoms with Crippen molar-refractivity contribution in [2.45, 2.75) is 71.6 Å². The molecule has 0 unspecified atom stereocenters. The lowest BCUT2D eigenvalue weighted by Crippen LogP contribution is -2.51. The molecule has 0 spiro atoms. The highest BCUT2D eigenvalue weighted by Crippen LogP contribution is 2.47. The summed E-state index contributed by atoms with van der Waals surface area (Å²) in [5.74, 6) is 0.597. The summed E-state index contributed by atoms with van der Waals surface area (Å²) in [5.41, 5.74) is -0.415. The van der Waals surface area contributed by atoms with Crippen LogP contribution in [-0.2, 0) is 19.1 Å². The molecule has 0 radical (unpaired) electrons. The van der Waals surface area contributed by atoms with Crippen LogP contribution in [0.25, 0.3) is 0 Å². The van der Waals surface area contributed by atoms with E-state index >= 15 is 0 Å². The van der Waals surface area contributed by atoms with E-state index < -0.39 is 0 Å². The van der Waals surface area contributed by atoms with E-state index in [2.05, 4.69) is 0 Å². The molecule has 2 aliphatic carbocycles. The van der Waals surface area contributed by atoms with Crippen molar-refractivity contribution in [2.75, 3.05) is 52.6 Å². The molecule has 2 saturated carbocycles. The molecule has 3 aliphatic rings. The first-order valence-electron chi connectivity index (χ1n) is 11.8. The van der Waals surface area contributed by atoms with Gasteiger partial charge in [-0.25, -0.2) is 0 Å². The minimum atomic E-state index is -0.207. The van der Waals surface area contributed by atoms with Gasteiger partial charge in [-0.3, -0.25) is 9.59 Å². The molecule has 1 heterocycles.